The molecular formula is C41H51N7O6. The van der Waals surface area contributed by atoms with Crippen LogP contribution in [0.2, 0.25) is 0 Å². The van der Waals surface area contributed by atoms with Gasteiger partial charge >= 0.3 is 5.97 Å². The smallest absolute Gasteiger partial charge is 0.305 e. The van der Waals surface area contributed by atoms with Crippen LogP contribution in [0.4, 0.5) is 0 Å². The molecule has 0 radical (unpaired) electrons. The first kappa shape index (κ1) is 39.5. The van der Waals surface area contributed by atoms with Crippen molar-refractivity contribution in [2.75, 3.05) is 6.54 Å². The number of aliphatic imine (C=N–C) groups is 1. The average molecular weight is 738 g/mol. The number of fused-ring (bicyclic) bond motifs is 1. The summed E-state index contributed by atoms with van der Waals surface area (Å²) in [6.45, 7) is 0.216. The molecular weight excluding hydrogens is 686 g/mol. The standard InChI is InChI=1S/C41H51N7O6/c42-41(43)44-22-10-17-32(38(52)45-31(26-37(50)51)19-18-27-11-4-1-5-12-27)47-39(53)35-25-30(23-28-13-6-2-7-14-28)34-21-20-33(40(54)48(34)35)46-36(49)24-29-15-8-3-9-16-29/h1-9,11-16,30-35H,10,17-26H2,(H,45,52)(H,46,49)(H,47,53)(H,50,51)(H4,42,43,44)/t30-,31+,32-,33-,34-,35-/m0/s1. The van der Waals surface area contributed by atoms with Gasteiger partial charge in [0, 0.05) is 18.6 Å². The van der Waals surface area contributed by atoms with Crippen molar-refractivity contribution >= 4 is 35.6 Å². The fourth-order valence-electron chi connectivity index (χ4n) is 7.64. The number of carbonyl (C=O) groups excluding carboxylic acids is 4. The molecule has 3 aromatic carbocycles. The van der Waals surface area contributed by atoms with Gasteiger partial charge in [-0.3, -0.25) is 29.0 Å². The van der Waals surface area contributed by atoms with Gasteiger partial charge in [-0.05, 0) is 74.0 Å². The van der Waals surface area contributed by atoms with E-state index in [1.165, 1.54) is 0 Å². The highest BCUT2D eigenvalue weighted by molar-refractivity contribution is 5.95. The van der Waals surface area contributed by atoms with Crippen LogP contribution in [-0.4, -0.2) is 82.3 Å². The van der Waals surface area contributed by atoms with E-state index in [1.807, 2.05) is 91.0 Å². The third kappa shape index (κ3) is 11.4. The lowest BCUT2D eigenvalue weighted by molar-refractivity contribution is -0.147. The van der Waals surface area contributed by atoms with Crippen molar-refractivity contribution in [1.29, 1.82) is 0 Å². The number of benzene rings is 3. The molecule has 8 N–H and O–H groups in total. The SMILES string of the molecule is NC(N)=NCCC[C@H](NC(=O)[C@@H]1C[C@H](Cc2ccccc2)[C@@H]2CC[C@H](NC(=O)Cc3ccccc3)C(=O)N12)C(=O)N[C@H](CCc1ccccc1)CC(=O)O. The molecule has 2 heterocycles. The molecule has 4 amide bonds. The molecule has 0 aliphatic carbocycles. The summed E-state index contributed by atoms with van der Waals surface area (Å²) in [5.74, 6) is -2.80. The fraction of sp³-hybridized carbons (Fsp3) is 0.415. The third-order valence-electron chi connectivity index (χ3n) is 10.2. The van der Waals surface area contributed by atoms with E-state index in [2.05, 4.69) is 20.9 Å². The topological polar surface area (TPSA) is 209 Å². The van der Waals surface area contributed by atoms with Crippen LogP contribution in [0.15, 0.2) is 96.0 Å². The van der Waals surface area contributed by atoms with Crippen LogP contribution in [0.25, 0.3) is 0 Å². The van der Waals surface area contributed by atoms with Crippen molar-refractivity contribution < 1.29 is 29.1 Å². The van der Waals surface area contributed by atoms with E-state index in [-0.39, 0.29) is 55.5 Å². The molecule has 0 aromatic heterocycles. The van der Waals surface area contributed by atoms with Gasteiger partial charge in [-0.1, -0.05) is 91.0 Å². The number of carboxylic acid groups (broad SMARTS) is 1. The highest BCUT2D eigenvalue weighted by Gasteiger charge is 2.51. The predicted octanol–water partition coefficient (Wildman–Crippen LogP) is 2.47. The molecule has 6 atom stereocenters. The zero-order chi connectivity index (χ0) is 38.5. The number of amides is 4. The van der Waals surface area contributed by atoms with Crippen molar-refractivity contribution in [3.05, 3.63) is 108 Å². The van der Waals surface area contributed by atoms with E-state index in [9.17, 15) is 29.1 Å². The molecule has 2 saturated heterocycles. The molecule has 3 aromatic rings. The fourth-order valence-corrected chi connectivity index (χ4v) is 7.64. The first-order valence-electron chi connectivity index (χ1n) is 18.7. The zero-order valence-electron chi connectivity index (χ0n) is 30.4. The Morgan fingerprint density at radius 1 is 0.833 bits per heavy atom. The number of nitrogens with one attached hydrogen (secondary N) is 3. The molecule has 2 aliphatic rings. The summed E-state index contributed by atoms with van der Waals surface area (Å²) >= 11 is 0. The normalized spacial score (nSPS) is 20.2. The van der Waals surface area contributed by atoms with Crippen molar-refractivity contribution in [3.63, 3.8) is 0 Å². The number of aliphatic carboxylic acids is 1. The highest BCUT2D eigenvalue weighted by atomic mass is 16.4. The summed E-state index contributed by atoms with van der Waals surface area (Å²) < 4.78 is 0. The number of nitrogens with two attached hydrogens (primary N) is 2. The van der Waals surface area contributed by atoms with Gasteiger partial charge in [-0.15, -0.1) is 0 Å². The number of carboxylic acids is 1. The molecule has 2 aliphatic heterocycles. The minimum Gasteiger partial charge on any atom is -0.481 e. The van der Waals surface area contributed by atoms with Crippen LogP contribution >= 0.6 is 0 Å². The lowest BCUT2D eigenvalue weighted by atomic mass is 9.86. The average Bonchev–Trinajstić information content (AvgIpc) is 3.52. The van der Waals surface area contributed by atoms with Crippen LogP contribution < -0.4 is 27.4 Å². The highest BCUT2D eigenvalue weighted by Crippen LogP contribution is 2.39. The summed E-state index contributed by atoms with van der Waals surface area (Å²) in [5.41, 5.74) is 13.9. The summed E-state index contributed by atoms with van der Waals surface area (Å²) in [6, 6.07) is 25.1. The van der Waals surface area contributed by atoms with E-state index in [4.69, 9.17) is 11.5 Å². The lowest BCUT2D eigenvalue weighted by Gasteiger charge is -2.39. The number of rotatable bonds is 18. The second-order valence-corrected chi connectivity index (χ2v) is 14.2. The van der Waals surface area contributed by atoms with Crippen molar-refractivity contribution in [1.82, 2.24) is 20.9 Å². The molecule has 286 valence electrons. The monoisotopic (exact) mass is 737 g/mol. The Hall–Kier alpha value is -5.72. The zero-order valence-corrected chi connectivity index (χ0v) is 30.4. The van der Waals surface area contributed by atoms with E-state index in [0.29, 0.717) is 44.9 Å². The molecule has 0 bridgehead atoms. The van der Waals surface area contributed by atoms with Crippen molar-refractivity contribution in [3.8, 4) is 0 Å². The molecule has 0 spiro atoms. The Labute approximate surface area is 316 Å². The van der Waals surface area contributed by atoms with E-state index >= 15 is 0 Å². The van der Waals surface area contributed by atoms with E-state index < -0.39 is 42.0 Å². The van der Waals surface area contributed by atoms with Crippen molar-refractivity contribution in [2.45, 2.75) is 94.4 Å². The summed E-state index contributed by atoms with van der Waals surface area (Å²) in [7, 11) is 0. The number of hydrogen-bond acceptors (Lipinski definition) is 6. The molecule has 54 heavy (non-hydrogen) atoms. The molecule has 0 saturated carbocycles. The Morgan fingerprint density at radius 3 is 2.09 bits per heavy atom. The van der Waals surface area contributed by atoms with Crippen LogP contribution in [0, 0.1) is 5.92 Å². The number of aryl methyl sites for hydroxylation is 1. The van der Waals surface area contributed by atoms with Gasteiger partial charge in [0.25, 0.3) is 0 Å². The Balaban J connectivity index is 1.33. The summed E-state index contributed by atoms with van der Waals surface area (Å²) in [5, 5.41) is 18.3. The maximum atomic E-state index is 14.3. The van der Waals surface area contributed by atoms with Crippen molar-refractivity contribution in [2.24, 2.45) is 22.4 Å². The number of carbonyl (C=O) groups is 5. The van der Waals surface area contributed by atoms with Crippen LogP contribution in [0.5, 0.6) is 0 Å². The largest absolute Gasteiger partial charge is 0.481 e. The molecule has 5 rings (SSSR count). The minimum atomic E-state index is -1.06. The van der Waals surface area contributed by atoms with Crippen LogP contribution in [0.1, 0.15) is 61.6 Å². The van der Waals surface area contributed by atoms with Crippen LogP contribution in [0.3, 0.4) is 0 Å². The van der Waals surface area contributed by atoms with Gasteiger partial charge in [-0.25, -0.2) is 0 Å². The first-order chi connectivity index (χ1) is 26.1. The van der Waals surface area contributed by atoms with Crippen LogP contribution in [-0.2, 0) is 43.2 Å². The molecule has 0 unspecified atom stereocenters. The molecule has 13 heteroatoms. The lowest BCUT2D eigenvalue weighted by Crippen LogP contribution is -2.60. The summed E-state index contributed by atoms with van der Waals surface area (Å²) in [4.78, 5) is 72.8. The van der Waals surface area contributed by atoms with Gasteiger partial charge in [0.2, 0.25) is 23.6 Å². The van der Waals surface area contributed by atoms with Gasteiger partial charge in [-0.2, -0.15) is 0 Å². The Morgan fingerprint density at radius 2 is 1.46 bits per heavy atom. The summed E-state index contributed by atoms with van der Waals surface area (Å²) in [6.07, 6.45) is 3.36. The van der Waals surface area contributed by atoms with E-state index in [1.54, 1.807) is 4.90 Å². The Bertz CT molecular complexity index is 1750. The third-order valence-corrected chi connectivity index (χ3v) is 10.2. The van der Waals surface area contributed by atoms with Gasteiger partial charge in [0.05, 0.1) is 12.8 Å². The number of nitrogens with zero attached hydrogens (tertiary/aromatic N) is 2. The number of guanidine groups is 1. The molecule has 13 nitrogen and oxygen atoms in total. The maximum Gasteiger partial charge on any atom is 0.305 e. The Kier molecular flexibility index (Phi) is 14.2. The quantitative estimate of drug-likeness (QED) is 0.0648. The number of piperidine rings is 1. The van der Waals surface area contributed by atoms with E-state index in [0.717, 1.165) is 16.7 Å². The maximum absolute atomic E-state index is 14.3. The first-order valence-corrected chi connectivity index (χ1v) is 18.7. The van der Waals surface area contributed by atoms with Gasteiger partial charge in [0.1, 0.15) is 18.1 Å². The molecule has 2 fully saturated rings. The second kappa shape index (κ2) is 19.4. The number of hydrogen-bond donors (Lipinski definition) is 6. The predicted molar refractivity (Wildman–Crippen MR) is 205 cm³/mol. The van der Waals surface area contributed by atoms with Gasteiger partial charge in [0.15, 0.2) is 5.96 Å². The minimum absolute atomic E-state index is 0.0276. The van der Waals surface area contributed by atoms with Gasteiger partial charge < -0.3 is 37.4 Å². The second-order valence-electron chi connectivity index (χ2n) is 14.2.